The predicted octanol–water partition coefficient (Wildman–Crippen LogP) is 1.60. The maximum absolute atomic E-state index is 13.6. The quantitative estimate of drug-likeness (QED) is 0.612. The van der Waals surface area contributed by atoms with Crippen LogP contribution in [0.4, 0.5) is 5.69 Å². The molecule has 2 aromatic carbocycles. The van der Waals surface area contributed by atoms with Crippen molar-refractivity contribution in [3.8, 4) is 5.75 Å². The molecule has 29 heavy (non-hydrogen) atoms. The summed E-state index contributed by atoms with van der Waals surface area (Å²) >= 11 is 0. The van der Waals surface area contributed by atoms with Gasteiger partial charge in [0.1, 0.15) is 11.7 Å². The van der Waals surface area contributed by atoms with Crippen LogP contribution < -0.4 is 15.1 Å². The van der Waals surface area contributed by atoms with Gasteiger partial charge in [0.25, 0.3) is 5.91 Å². The lowest BCUT2D eigenvalue weighted by atomic mass is 9.79. The number of carbonyl (C=O) groups is 3. The summed E-state index contributed by atoms with van der Waals surface area (Å²) in [5.41, 5.74) is 2.06. The number of esters is 1. The summed E-state index contributed by atoms with van der Waals surface area (Å²) < 4.78 is 10.3. The van der Waals surface area contributed by atoms with Gasteiger partial charge in [0.2, 0.25) is 5.91 Å². The number of nitrogens with zero attached hydrogens (tertiary/aromatic N) is 2. The number of fused-ring (bicyclic) bond motifs is 1. The Balaban J connectivity index is 1.86. The van der Waals surface area contributed by atoms with Gasteiger partial charge in [-0.1, -0.05) is 36.4 Å². The van der Waals surface area contributed by atoms with Gasteiger partial charge in [0, 0.05) is 6.07 Å². The number of hydrazone groups is 1. The summed E-state index contributed by atoms with van der Waals surface area (Å²) in [6.07, 6.45) is 0. The number of imide groups is 1. The molecule has 1 fully saturated rings. The largest absolute Gasteiger partial charge is 0.497 e. The minimum absolute atomic E-state index is 0.112. The fraction of sp³-hybridized carbons (Fsp3) is 0.238. The van der Waals surface area contributed by atoms with Crippen LogP contribution in [0.25, 0.3) is 0 Å². The molecule has 2 aromatic rings. The van der Waals surface area contributed by atoms with Crippen LogP contribution in [0.15, 0.2) is 59.7 Å². The molecule has 2 amide bonds. The van der Waals surface area contributed by atoms with Crippen molar-refractivity contribution in [3.05, 3.63) is 60.2 Å². The summed E-state index contributed by atoms with van der Waals surface area (Å²) in [5.74, 6) is -2.43. The number of carbonyl (C=O) groups excluding carboxylic acids is 3. The average Bonchev–Trinajstić information content (AvgIpc) is 3.25. The SMILES string of the molecule is CCOC(=O)C1=NN[C@@]2(c3ccccc3)C(=O)N(c3cccc(OC)c3)C(=O)[C@H]12. The van der Waals surface area contributed by atoms with Crippen molar-refractivity contribution in [2.45, 2.75) is 12.5 Å². The molecule has 148 valence electrons. The van der Waals surface area contributed by atoms with E-state index in [1.165, 1.54) is 7.11 Å². The molecule has 8 nitrogen and oxygen atoms in total. The summed E-state index contributed by atoms with van der Waals surface area (Å²) in [7, 11) is 1.50. The highest BCUT2D eigenvalue weighted by Gasteiger charge is 2.67. The molecule has 8 heteroatoms. The van der Waals surface area contributed by atoms with Gasteiger partial charge in [0.15, 0.2) is 11.3 Å². The second-order valence-corrected chi connectivity index (χ2v) is 6.62. The fourth-order valence-corrected chi connectivity index (χ4v) is 3.78. The number of nitrogens with one attached hydrogen (secondary N) is 1. The fourth-order valence-electron chi connectivity index (χ4n) is 3.78. The van der Waals surface area contributed by atoms with Crippen LogP contribution in [0.3, 0.4) is 0 Å². The van der Waals surface area contributed by atoms with Crippen molar-refractivity contribution >= 4 is 29.2 Å². The molecule has 4 rings (SSSR count). The Morgan fingerprint density at radius 3 is 2.62 bits per heavy atom. The smallest absolute Gasteiger partial charge is 0.355 e. The molecule has 0 aliphatic carbocycles. The van der Waals surface area contributed by atoms with Crippen molar-refractivity contribution < 1.29 is 23.9 Å². The van der Waals surface area contributed by atoms with E-state index < -0.39 is 29.2 Å². The van der Waals surface area contributed by atoms with E-state index in [-0.39, 0.29) is 12.3 Å². The minimum Gasteiger partial charge on any atom is -0.497 e. The zero-order chi connectivity index (χ0) is 20.6. The van der Waals surface area contributed by atoms with E-state index >= 15 is 0 Å². The number of benzene rings is 2. The van der Waals surface area contributed by atoms with Crippen LogP contribution in [-0.2, 0) is 24.7 Å². The number of methoxy groups -OCH3 is 1. The molecule has 0 bridgehead atoms. The highest BCUT2D eigenvalue weighted by Crippen LogP contribution is 2.45. The number of amides is 2. The summed E-state index contributed by atoms with van der Waals surface area (Å²) in [6.45, 7) is 1.79. The van der Waals surface area contributed by atoms with Gasteiger partial charge in [0.05, 0.1) is 19.4 Å². The van der Waals surface area contributed by atoms with Crippen LogP contribution in [0.5, 0.6) is 5.75 Å². The van der Waals surface area contributed by atoms with Gasteiger partial charge < -0.3 is 9.47 Å². The normalized spacial score (nSPS) is 22.8. The monoisotopic (exact) mass is 393 g/mol. The number of ether oxygens (including phenoxy) is 2. The first-order valence-electron chi connectivity index (χ1n) is 9.14. The number of hydrogen-bond donors (Lipinski definition) is 1. The average molecular weight is 393 g/mol. The molecule has 0 aromatic heterocycles. The standard InChI is InChI=1S/C21H19N3O5/c1-3-29-19(26)17-16-18(25)24(14-10-7-11-15(12-14)28-2)20(27)21(16,23-22-17)13-8-5-4-6-9-13/h4-12,16,23H,3H2,1-2H3/t16-,21+/m0/s1. The molecule has 1 saturated heterocycles. The number of anilines is 1. The Labute approximate surface area is 167 Å². The first kappa shape index (κ1) is 18.7. The molecule has 1 N–H and O–H groups in total. The first-order chi connectivity index (χ1) is 14.0. The van der Waals surface area contributed by atoms with Gasteiger partial charge in [-0.05, 0) is 24.6 Å². The molecule has 2 heterocycles. The topological polar surface area (TPSA) is 97.3 Å². The molecule has 0 unspecified atom stereocenters. The summed E-state index contributed by atoms with van der Waals surface area (Å²) in [5, 5.41) is 4.05. The Morgan fingerprint density at radius 1 is 1.17 bits per heavy atom. The van der Waals surface area contributed by atoms with E-state index in [0.29, 0.717) is 17.0 Å². The Kier molecular flexibility index (Phi) is 4.54. The summed E-state index contributed by atoms with van der Waals surface area (Å²) in [4.78, 5) is 40.6. The maximum Gasteiger partial charge on any atom is 0.355 e. The molecule has 2 aliphatic rings. The molecule has 2 atom stereocenters. The van der Waals surface area contributed by atoms with Gasteiger partial charge in [-0.15, -0.1) is 0 Å². The van der Waals surface area contributed by atoms with Crippen LogP contribution >= 0.6 is 0 Å². The third-order valence-electron chi connectivity index (χ3n) is 5.09. The Morgan fingerprint density at radius 2 is 1.93 bits per heavy atom. The molecule has 0 saturated carbocycles. The zero-order valence-corrected chi connectivity index (χ0v) is 15.9. The van der Waals surface area contributed by atoms with Crippen LogP contribution in [-0.4, -0.2) is 37.2 Å². The van der Waals surface area contributed by atoms with Crippen molar-refractivity contribution in [3.63, 3.8) is 0 Å². The highest BCUT2D eigenvalue weighted by molar-refractivity contribution is 6.47. The molecular weight excluding hydrogens is 374 g/mol. The number of hydrogen-bond acceptors (Lipinski definition) is 7. The maximum atomic E-state index is 13.6. The van der Waals surface area contributed by atoms with Gasteiger partial charge >= 0.3 is 5.97 Å². The van der Waals surface area contributed by atoms with Gasteiger partial charge in [-0.3, -0.25) is 15.0 Å². The van der Waals surface area contributed by atoms with Crippen molar-refractivity contribution in [1.82, 2.24) is 5.43 Å². The highest BCUT2D eigenvalue weighted by atomic mass is 16.5. The van der Waals surface area contributed by atoms with Crippen LogP contribution in [0.2, 0.25) is 0 Å². The first-order valence-corrected chi connectivity index (χ1v) is 9.14. The molecular formula is C21H19N3O5. The van der Waals surface area contributed by atoms with E-state index in [9.17, 15) is 14.4 Å². The van der Waals surface area contributed by atoms with Gasteiger partial charge in [-0.25, -0.2) is 9.69 Å². The number of rotatable bonds is 5. The summed E-state index contributed by atoms with van der Waals surface area (Å²) in [6, 6.07) is 15.4. The van der Waals surface area contributed by atoms with E-state index in [4.69, 9.17) is 9.47 Å². The lowest BCUT2D eigenvalue weighted by molar-refractivity contribution is -0.136. The lowest BCUT2D eigenvalue weighted by Crippen LogP contribution is -2.48. The molecule has 2 aliphatic heterocycles. The Hall–Kier alpha value is -3.68. The van der Waals surface area contributed by atoms with E-state index in [2.05, 4.69) is 10.5 Å². The van der Waals surface area contributed by atoms with E-state index in [1.807, 2.05) is 0 Å². The Bertz CT molecular complexity index is 1020. The second-order valence-electron chi connectivity index (χ2n) is 6.62. The zero-order valence-electron chi connectivity index (χ0n) is 15.9. The van der Waals surface area contributed by atoms with Crippen LogP contribution in [0.1, 0.15) is 12.5 Å². The van der Waals surface area contributed by atoms with Crippen molar-refractivity contribution in [2.24, 2.45) is 11.0 Å². The third kappa shape index (κ3) is 2.67. The predicted molar refractivity (Wildman–Crippen MR) is 104 cm³/mol. The minimum atomic E-state index is -1.51. The molecule has 0 spiro atoms. The van der Waals surface area contributed by atoms with Crippen molar-refractivity contribution in [2.75, 3.05) is 18.6 Å². The lowest BCUT2D eigenvalue weighted by Gasteiger charge is -2.26. The molecule has 0 radical (unpaired) electrons. The van der Waals surface area contributed by atoms with E-state index in [0.717, 1.165) is 4.90 Å². The van der Waals surface area contributed by atoms with Gasteiger partial charge in [-0.2, -0.15) is 5.10 Å². The second kappa shape index (κ2) is 7.05. The van der Waals surface area contributed by atoms with E-state index in [1.54, 1.807) is 61.5 Å². The third-order valence-corrected chi connectivity index (χ3v) is 5.09. The van der Waals surface area contributed by atoms with Crippen LogP contribution in [0, 0.1) is 5.92 Å². The van der Waals surface area contributed by atoms with Crippen molar-refractivity contribution in [1.29, 1.82) is 0 Å².